The molecule has 6 heteroatoms. The fourth-order valence-corrected chi connectivity index (χ4v) is 3.85. The van der Waals surface area contributed by atoms with E-state index in [1.54, 1.807) is 7.11 Å². The molecule has 0 aliphatic carbocycles. The van der Waals surface area contributed by atoms with E-state index in [0.29, 0.717) is 26.2 Å². The smallest absolute Gasteiger partial charge is 0.264 e. The Labute approximate surface area is 168 Å². The van der Waals surface area contributed by atoms with Crippen molar-refractivity contribution in [3.63, 3.8) is 0 Å². The van der Waals surface area contributed by atoms with Crippen LogP contribution >= 0.6 is 22.9 Å². The monoisotopic (exact) mass is 402 g/mol. The molecule has 1 aromatic carbocycles. The number of hydrogen-bond acceptors (Lipinski definition) is 3. The number of halogens is 1. The maximum absolute atomic E-state index is 12.9. The van der Waals surface area contributed by atoms with Gasteiger partial charge in [-0.05, 0) is 41.6 Å². The molecule has 2 aromatic heterocycles. The van der Waals surface area contributed by atoms with Crippen LogP contribution in [0.1, 0.15) is 27.3 Å². The zero-order valence-corrected chi connectivity index (χ0v) is 16.9. The Morgan fingerprint density at radius 3 is 2.78 bits per heavy atom. The lowest BCUT2D eigenvalue weighted by molar-refractivity contribution is 0.0724. The third-order valence-electron chi connectivity index (χ3n) is 4.37. The number of thiophene rings is 1. The number of hydrogen-bond donors (Lipinski definition) is 0. The Balaban J connectivity index is 1.76. The lowest BCUT2D eigenvalue weighted by atomic mass is 10.2. The summed E-state index contributed by atoms with van der Waals surface area (Å²) in [7, 11) is 1.68. The normalized spacial score (nSPS) is 10.9. The van der Waals surface area contributed by atoms with Gasteiger partial charge in [-0.25, -0.2) is 0 Å². The van der Waals surface area contributed by atoms with Crippen LogP contribution in [-0.4, -0.2) is 35.6 Å². The van der Waals surface area contributed by atoms with Crippen molar-refractivity contribution in [1.29, 1.82) is 0 Å². The summed E-state index contributed by atoms with van der Waals surface area (Å²) in [6.45, 7) is 2.52. The highest BCUT2D eigenvalue weighted by atomic mass is 35.5. The van der Waals surface area contributed by atoms with Gasteiger partial charge in [0.05, 0.1) is 11.4 Å². The second-order valence-corrected chi connectivity index (χ2v) is 7.62. The minimum atomic E-state index is 0.0617. The summed E-state index contributed by atoms with van der Waals surface area (Å²) in [4.78, 5) is 15.6. The second kappa shape index (κ2) is 9.74. The maximum atomic E-state index is 12.9. The van der Waals surface area contributed by atoms with Gasteiger partial charge in [0.2, 0.25) is 0 Å². The number of benzene rings is 1. The highest BCUT2D eigenvalue weighted by Gasteiger charge is 2.18. The summed E-state index contributed by atoms with van der Waals surface area (Å²) in [6, 6.07) is 15.7. The number of carbonyl (C=O) groups excluding carboxylic acids is 1. The van der Waals surface area contributed by atoms with E-state index < -0.39 is 0 Å². The van der Waals surface area contributed by atoms with Crippen LogP contribution < -0.4 is 0 Å². The zero-order valence-electron chi connectivity index (χ0n) is 15.3. The van der Waals surface area contributed by atoms with Gasteiger partial charge in [-0.1, -0.05) is 35.9 Å². The molecule has 2 heterocycles. The number of nitrogens with zero attached hydrogens (tertiary/aromatic N) is 2. The van der Waals surface area contributed by atoms with Crippen molar-refractivity contribution in [3.05, 3.63) is 81.3 Å². The molecule has 4 nitrogen and oxygen atoms in total. The van der Waals surface area contributed by atoms with Crippen LogP contribution in [0.3, 0.4) is 0 Å². The number of amides is 1. The summed E-state index contributed by atoms with van der Waals surface area (Å²) in [5, 5.41) is 2.68. The van der Waals surface area contributed by atoms with Gasteiger partial charge < -0.3 is 14.2 Å². The zero-order chi connectivity index (χ0) is 19.1. The van der Waals surface area contributed by atoms with Gasteiger partial charge >= 0.3 is 0 Å². The fourth-order valence-electron chi connectivity index (χ4n) is 2.96. The van der Waals surface area contributed by atoms with E-state index in [1.165, 1.54) is 11.3 Å². The predicted molar refractivity (Wildman–Crippen MR) is 111 cm³/mol. The lowest BCUT2D eigenvalue weighted by Gasteiger charge is -2.23. The third-order valence-corrected chi connectivity index (χ3v) is 5.60. The molecule has 0 fully saturated rings. The molecule has 0 saturated heterocycles. The predicted octanol–water partition coefficient (Wildman–Crippen LogP) is 4.93. The van der Waals surface area contributed by atoms with Crippen molar-refractivity contribution in [2.24, 2.45) is 0 Å². The summed E-state index contributed by atoms with van der Waals surface area (Å²) < 4.78 is 7.30. The number of methoxy groups -OCH3 is 1. The van der Waals surface area contributed by atoms with Crippen LogP contribution in [0, 0.1) is 0 Å². The van der Waals surface area contributed by atoms with Crippen LogP contribution in [-0.2, 0) is 17.8 Å². The first-order chi connectivity index (χ1) is 13.2. The third kappa shape index (κ3) is 5.22. The Hall–Kier alpha value is -2.08. The van der Waals surface area contributed by atoms with Gasteiger partial charge in [0.25, 0.3) is 5.91 Å². The van der Waals surface area contributed by atoms with Gasteiger partial charge in [-0.2, -0.15) is 0 Å². The van der Waals surface area contributed by atoms with E-state index in [-0.39, 0.29) is 5.91 Å². The quantitative estimate of drug-likeness (QED) is 0.475. The lowest BCUT2D eigenvalue weighted by Crippen LogP contribution is -2.32. The van der Waals surface area contributed by atoms with Crippen LogP contribution in [0.5, 0.6) is 0 Å². The molecular weight excluding hydrogens is 380 g/mol. The van der Waals surface area contributed by atoms with E-state index in [9.17, 15) is 4.79 Å². The van der Waals surface area contributed by atoms with Crippen LogP contribution in [0.15, 0.2) is 60.1 Å². The first-order valence-electron chi connectivity index (χ1n) is 8.88. The van der Waals surface area contributed by atoms with Crippen molar-refractivity contribution in [2.75, 3.05) is 20.3 Å². The van der Waals surface area contributed by atoms with E-state index in [0.717, 1.165) is 27.6 Å². The first kappa shape index (κ1) is 19.7. The minimum Gasteiger partial charge on any atom is -0.385 e. The van der Waals surface area contributed by atoms with Crippen molar-refractivity contribution < 1.29 is 9.53 Å². The molecule has 0 saturated carbocycles. The topological polar surface area (TPSA) is 34.5 Å². The summed E-state index contributed by atoms with van der Waals surface area (Å²) in [5.74, 6) is 0.0617. The number of carbonyl (C=O) groups is 1. The highest BCUT2D eigenvalue weighted by Crippen LogP contribution is 2.19. The molecule has 0 aliphatic rings. The minimum absolute atomic E-state index is 0.0617. The van der Waals surface area contributed by atoms with Crippen molar-refractivity contribution in [3.8, 4) is 0 Å². The van der Waals surface area contributed by atoms with Crippen molar-refractivity contribution in [1.82, 2.24) is 9.47 Å². The molecular formula is C21H23ClN2O2S. The molecule has 0 spiro atoms. The van der Waals surface area contributed by atoms with E-state index in [2.05, 4.69) is 10.6 Å². The molecule has 0 radical (unpaired) electrons. The molecule has 142 valence electrons. The largest absolute Gasteiger partial charge is 0.385 e. The molecule has 0 N–H and O–H groups in total. The van der Waals surface area contributed by atoms with Crippen molar-refractivity contribution >= 4 is 28.8 Å². The Morgan fingerprint density at radius 1 is 1.19 bits per heavy atom. The fraction of sp³-hybridized carbons (Fsp3) is 0.286. The molecule has 0 bridgehead atoms. The maximum Gasteiger partial charge on any atom is 0.264 e. The van der Waals surface area contributed by atoms with Crippen molar-refractivity contribution in [2.45, 2.75) is 19.5 Å². The van der Waals surface area contributed by atoms with E-state index >= 15 is 0 Å². The van der Waals surface area contributed by atoms with E-state index in [4.69, 9.17) is 16.3 Å². The van der Waals surface area contributed by atoms with Gasteiger partial charge in [0.1, 0.15) is 0 Å². The summed E-state index contributed by atoms with van der Waals surface area (Å²) in [5.41, 5.74) is 2.14. The molecule has 1 amide bonds. The summed E-state index contributed by atoms with van der Waals surface area (Å²) >= 11 is 7.78. The highest BCUT2D eigenvalue weighted by molar-refractivity contribution is 7.12. The van der Waals surface area contributed by atoms with Gasteiger partial charge in [0.15, 0.2) is 0 Å². The Bertz CT molecular complexity index is 861. The SMILES string of the molecule is COCCCN(Cc1cccn1Cc1ccccc1Cl)C(=O)c1cccs1. The van der Waals surface area contributed by atoms with Crippen LogP contribution in [0.25, 0.3) is 0 Å². The average Bonchev–Trinajstić information content (AvgIpc) is 3.35. The molecule has 27 heavy (non-hydrogen) atoms. The Morgan fingerprint density at radius 2 is 2.04 bits per heavy atom. The molecule has 3 aromatic rings. The standard InChI is InChI=1S/C21H23ClN2O2S/c1-26-13-6-12-24(21(25)20-10-5-14-27-20)16-18-8-4-11-23(18)15-17-7-2-3-9-19(17)22/h2-5,7-11,14H,6,12-13,15-16H2,1H3. The second-order valence-electron chi connectivity index (χ2n) is 6.27. The van der Waals surface area contributed by atoms with Crippen LogP contribution in [0.4, 0.5) is 0 Å². The number of ether oxygens (including phenoxy) is 1. The van der Waals surface area contributed by atoms with Gasteiger partial charge in [0, 0.05) is 43.7 Å². The molecule has 0 unspecified atom stereocenters. The molecule has 0 atom stereocenters. The number of aromatic nitrogens is 1. The van der Waals surface area contributed by atoms with Gasteiger partial charge in [-0.3, -0.25) is 4.79 Å². The average molecular weight is 403 g/mol. The number of rotatable bonds is 9. The van der Waals surface area contributed by atoms with Gasteiger partial charge in [-0.15, -0.1) is 11.3 Å². The molecule has 3 rings (SSSR count). The first-order valence-corrected chi connectivity index (χ1v) is 10.1. The molecule has 0 aliphatic heterocycles. The summed E-state index contributed by atoms with van der Waals surface area (Å²) in [6.07, 6.45) is 2.83. The Kier molecular flexibility index (Phi) is 7.10. The van der Waals surface area contributed by atoms with Crippen LogP contribution in [0.2, 0.25) is 5.02 Å². The van der Waals surface area contributed by atoms with E-state index in [1.807, 2.05) is 58.9 Å².